The molecule has 1 fully saturated rings. The van der Waals surface area contributed by atoms with Crippen molar-refractivity contribution in [3.63, 3.8) is 0 Å². The van der Waals surface area contributed by atoms with Crippen LogP contribution in [-0.4, -0.2) is 36.2 Å². The molecule has 0 saturated carbocycles. The zero-order chi connectivity index (χ0) is 14.3. The lowest BCUT2D eigenvalue weighted by molar-refractivity contribution is -0.142. The zero-order valence-corrected chi connectivity index (χ0v) is 11.9. The predicted octanol–water partition coefficient (Wildman–Crippen LogP) is 1.81. The molecule has 0 radical (unpaired) electrons. The highest BCUT2D eigenvalue weighted by molar-refractivity contribution is 5.77. The molecule has 0 spiro atoms. The highest BCUT2D eigenvalue weighted by atomic mass is 16.5. The van der Waals surface area contributed by atoms with Gasteiger partial charge in [0.05, 0.1) is 12.0 Å². The van der Waals surface area contributed by atoms with E-state index < -0.39 is 11.9 Å². The van der Waals surface area contributed by atoms with Gasteiger partial charge < -0.3 is 15.2 Å². The van der Waals surface area contributed by atoms with Crippen LogP contribution in [0.15, 0.2) is 0 Å². The maximum atomic E-state index is 11.7. The van der Waals surface area contributed by atoms with Crippen molar-refractivity contribution >= 4 is 11.9 Å². The van der Waals surface area contributed by atoms with Crippen molar-refractivity contribution in [3.05, 3.63) is 0 Å². The Balaban J connectivity index is 2.21. The molecule has 0 aromatic carbocycles. The van der Waals surface area contributed by atoms with Crippen LogP contribution in [0.3, 0.4) is 0 Å². The number of rotatable bonds is 8. The molecule has 1 amide bonds. The van der Waals surface area contributed by atoms with E-state index in [9.17, 15) is 9.59 Å². The Hall–Kier alpha value is -1.10. The average molecular weight is 271 g/mol. The van der Waals surface area contributed by atoms with Crippen molar-refractivity contribution in [1.29, 1.82) is 0 Å². The van der Waals surface area contributed by atoms with Gasteiger partial charge in [0.1, 0.15) is 0 Å². The van der Waals surface area contributed by atoms with E-state index in [4.69, 9.17) is 9.84 Å². The first-order valence-corrected chi connectivity index (χ1v) is 7.10. The molecule has 1 aliphatic rings. The molecule has 5 heteroatoms. The van der Waals surface area contributed by atoms with Crippen LogP contribution in [0.2, 0.25) is 0 Å². The Morgan fingerprint density at radius 1 is 1.42 bits per heavy atom. The van der Waals surface area contributed by atoms with Gasteiger partial charge in [0.2, 0.25) is 5.91 Å². The van der Waals surface area contributed by atoms with E-state index in [2.05, 4.69) is 5.32 Å². The van der Waals surface area contributed by atoms with Crippen molar-refractivity contribution < 1.29 is 19.4 Å². The fourth-order valence-corrected chi connectivity index (χ4v) is 2.33. The third-order valence-corrected chi connectivity index (χ3v) is 3.37. The number of ether oxygens (including phenoxy) is 1. The third-order valence-electron chi connectivity index (χ3n) is 3.37. The van der Waals surface area contributed by atoms with Crippen LogP contribution in [0.4, 0.5) is 0 Å². The van der Waals surface area contributed by atoms with E-state index in [1.54, 1.807) is 0 Å². The number of amides is 1. The SMILES string of the molecule is CC(C)CC(CNC(=O)CCC1CCCO1)C(=O)O. The molecule has 1 heterocycles. The largest absolute Gasteiger partial charge is 0.481 e. The van der Waals surface area contributed by atoms with Gasteiger partial charge in [-0.05, 0) is 31.6 Å². The lowest BCUT2D eigenvalue weighted by Gasteiger charge is -2.16. The van der Waals surface area contributed by atoms with E-state index in [1.165, 1.54) is 0 Å². The molecule has 1 rings (SSSR count). The molecular weight excluding hydrogens is 246 g/mol. The van der Waals surface area contributed by atoms with Crippen LogP contribution >= 0.6 is 0 Å². The molecule has 0 aromatic heterocycles. The summed E-state index contributed by atoms with van der Waals surface area (Å²) in [5, 5.41) is 11.8. The second-order valence-electron chi connectivity index (χ2n) is 5.64. The summed E-state index contributed by atoms with van der Waals surface area (Å²) in [5.41, 5.74) is 0. The van der Waals surface area contributed by atoms with Crippen molar-refractivity contribution in [2.24, 2.45) is 11.8 Å². The van der Waals surface area contributed by atoms with Crippen LogP contribution < -0.4 is 5.32 Å². The molecule has 110 valence electrons. The van der Waals surface area contributed by atoms with E-state index in [1.807, 2.05) is 13.8 Å². The number of hydrogen-bond donors (Lipinski definition) is 2. The number of carboxylic acid groups (broad SMARTS) is 1. The Morgan fingerprint density at radius 3 is 2.68 bits per heavy atom. The second-order valence-corrected chi connectivity index (χ2v) is 5.64. The van der Waals surface area contributed by atoms with Crippen LogP contribution in [0.1, 0.15) is 46.0 Å². The second kappa shape index (κ2) is 8.15. The average Bonchev–Trinajstić information content (AvgIpc) is 2.84. The fourth-order valence-electron chi connectivity index (χ4n) is 2.33. The normalized spacial score (nSPS) is 20.5. The third kappa shape index (κ3) is 6.57. The predicted molar refractivity (Wildman–Crippen MR) is 71.8 cm³/mol. The van der Waals surface area contributed by atoms with E-state index in [0.29, 0.717) is 18.8 Å². The van der Waals surface area contributed by atoms with Crippen molar-refractivity contribution in [3.8, 4) is 0 Å². The lowest BCUT2D eigenvalue weighted by Crippen LogP contribution is -2.33. The van der Waals surface area contributed by atoms with Crippen LogP contribution in [0.5, 0.6) is 0 Å². The number of hydrogen-bond acceptors (Lipinski definition) is 3. The molecule has 0 aromatic rings. The van der Waals surface area contributed by atoms with Crippen LogP contribution in [-0.2, 0) is 14.3 Å². The molecule has 2 N–H and O–H groups in total. The summed E-state index contributed by atoms with van der Waals surface area (Å²) in [5.74, 6) is -1.10. The zero-order valence-electron chi connectivity index (χ0n) is 11.9. The number of nitrogens with one attached hydrogen (secondary N) is 1. The molecule has 19 heavy (non-hydrogen) atoms. The Morgan fingerprint density at radius 2 is 2.16 bits per heavy atom. The number of carboxylic acids is 1. The van der Waals surface area contributed by atoms with Gasteiger partial charge in [-0.15, -0.1) is 0 Å². The summed E-state index contributed by atoms with van der Waals surface area (Å²) in [6.45, 7) is 4.98. The molecule has 2 atom stereocenters. The Labute approximate surface area is 114 Å². The molecular formula is C14H25NO4. The Bertz CT molecular complexity index is 298. The summed E-state index contributed by atoms with van der Waals surface area (Å²) in [6, 6.07) is 0. The van der Waals surface area contributed by atoms with Crippen molar-refractivity contribution in [2.45, 2.75) is 52.1 Å². The molecule has 2 unspecified atom stereocenters. The maximum absolute atomic E-state index is 11.7. The number of carbonyl (C=O) groups is 2. The standard InChI is InChI=1S/C14H25NO4/c1-10(2)8-11(14(17)18)9-15-13(16)6-5-12-4-3-7-19-12/h10-12H,3-9H2,1-2H3,(H,15,16)(H,17,18). The first-order valence-electron chi connectivity index (χ1n) is 7.10. The van der Waals surface area contributed by atoms with Gasteiger partial charge in [0.15, 0.2) is 0 Å². The van der Waals surface area contributed by atoms with Gasteiger partial charge in [-0.2, -0.15) is 0 Å². The summed E-state index contributed by atoms with van der Waals surface area (Å²) in [4.78, 5) is 22.7. The molecule has 1 saturated heterocycles. The van der Waals surface area contributed by atoms with Crippen LogP contribution in [0, 0.1) is 11.8 Å². The van der Waals surface area contributed by atoms with Gasteiger partial charge in [0.25, 0.3) is 0 Å². The minimum absolute atomic E-state index is 0.0782. The van der Waals surface area contributed by atoms with Gasteiger partial charge in [0, 0.05) is 19.6 Å². The summed E-state index contributed by atoms with van der Waals surface area (Å²) < 4.78 is 5.45. The van der Waals surface area contributed by atoms with E-state index in [0.717, 1.165) is 25.9 Å². The lowest BCUT2D eigenvalue weighted by atomic mass is 9.97. The fraction of sp³-hybridized carbons (Fsp3) is 0.857. The van der Waals surface area contributed by atoms with Gasteiger partial charge >= 0.3 is 5.97 Å². The van der Waals surface area contributed by atoms with Crippen molar-refractivity contribution in [1.82, 2.24) is 5.32 Å². The minimum Gasteiger partial charge on any atom is -0.481 e. The smallest absolute Gasteiger partial charge is 0.308 e. The van der Waals surface area contributed by atoms with Crippen LogP contribution in [0.25, 0.3) is 0 Å². The molecule has 1 aliphatic heterocycles. The maximum Gasteiger partial charge on any atom is 0.308 e. The minimum atomic E-state index is -0.840. The topological polar surface area (TPSA) is 75.6 Å². The summed E-state index contributed by atoms with van der Waals surface area (Å²) in [7, 11) is 0. The molecule has 5 nitrogen and oxygen atoms in total. The van der Waals surface area contributed by atoms with Gasteiger partial charge in [-0.1, -0.05) is 13.8 Å². The monoisotopic (exact) mass is 271 g/mol. The molecule has 0 bridgehead atoms. The van der Waals surface area contributed by atoms with E-state index >= 15 is 0 Å². The Kier molecular flexibility index (Phi) is 6.84. The van der Waals surface area contributed by atoms with E-state index in [-0.39, 0.29) is 18.6 Å². The first kappa shape index (κ1) is 16.0. The van der Waals surface area contributed by atoms with Crippen molar-refractivity contribution in [2.75, 3.05) is 13.2 Å². The van der Waals surface area contributed by atoms with Gasteiger partial charge in [-0.3, -0.25) is 9.59 Å². The molecule has 0 aliphatic carbocycles. The summed E-state index contributed by atoms with van der Waals surface area (Å²) in [6.07, 6.45) is 4.03. The quantitative estimate of drug-likeness (QED) is 0.706. The summed E-state index contributed by atoms with van der Waals surface area (Å²) >= 11 is 0. The highest BCUT2D eigenvalue weighted by Gasteiger charge is 2.20. The number of aliphatic carboxylic acids is 1. The first-order chi connectivity index (χ1) is 8.99. The number of carbonyl (C=O) groups excluding carboxylic acids is 1. The van der Waals surface area contributed by atoms with Gasteiger partial charge in [-0.25, -0.2) is 0 Å². The highest BCUT2D eigenvalue weighted by Crippen LogP contribution is 2.16.